The van der Waals surface area contributed by atoms with Crippen LogP contribution in [0.25, 0.3) is 0 Å². The van der Waals surface area contributed by atoms with Crippen LogP contribution in [0.2, 0.25) is 0 Å². The lowest BCUT2D eigenvalue weighted by atomic mass is 10.1. The Morgan fingerprint density at radius 2 is 2.38 bits per heavy atom. The summed E-state index contributed by atoms with van der Waals surface area (Å²) in [6.07, 6.45) is 0. The van der Waals surface area contributed by atoms with Crippen molar-refractivity contribution in [3.05, 3.63) is 15.6 Å². The van der Waals surface area contributed by atoms with E-state index in [0.29, 0.717) is 6.61 Å². The van der Waals surface area contributed by atoms with Gasteiger partial charge in [-0.25, -0.2) is 9.78 Å². The lowest BCUT2D eigenvalue weighted by Gasteiger charge is -2.15. The minimum atomic E-state index is -0.963. The molecule has 0 bridgehead atoms. The van der Waals surface area contributed by atoms with E-state index in [1.165, 1.54) is 11.3 Å². The summed E-state index contributed by atoms with van der Waals surface area (Å²) >= 11 is 1.20. The Morgan fingerprint density at radius 3 is 2.92 bits per heavy atom. The van der Waals surface area contributed by atoms with Crippen LogP contribution in [-0.2, 0) is 16.9 Å². The van der Waals surface area contributed by atoms with Crippen molar-refractivity contribution < 1.29 is 14.6 Å². The second kappa shape index (κ2) is 2.52. The van der Waals surface area contributed by atoms with Gasteiger partial charge >= 0.3 is 5.97 Å². The Bertz CT molecular complexity index is 369. The van der Waals surface area contributed by atoms with Crippen LogP contribution in [0.5, 0.6) is 0 Å². The molecule has 0 aromatic carbocycles. The van der Waals surface area contributed by atoms with Gasteiger partial charge in [0.2, 0.25) is 5.01 Å². The van der Waals surface area contributed by atoms with Gasteiger partial charge in [0.05, 0.1) is 17.2 Å². The highest BCUT2D eigenvalue weighted by Crippen LogP contribution is 2.38. The number of fused-ring (bicyclic) bond motifs is 1. The molecule has 0 fully saturated rings. The SMILES string of the molecule is CC1(C)OCc2sc(C(=O)O)nc21. The van der Waals surface area contributed by atoms with Crippen molar-refractivity contribution in [1.29, 1.82) is 0 Å². The lowest BCUT2D eigenvalue weighted by molar-refractivity contribution is -0.00999. The first-order valence-corrected chi connectivity index (χ1v) is 4.70. The summed E-state index contributed by atoms with van der Waals surface area (Å²) in [6, 6.07) is 0. The lowest BCUT2D eigenvalue weighted by Crippen LogP contribution is -2.16. The van der Waals surface area contributed by atoms with E-state index >= 15 is 0 Å². The average Bonchev–Trinajstić information content (AvgIpc) is 2.53. The highest BCUT2D eigenvalue weighted by Gasteiger charge is 2.35. The monoisotopic (exact) mass is 199 g/mol. The highest BCUT2D eigenvalue weighted by atomic mass is 32.1. The minimum absolute atomic E-state index is 0.154. The molecule has 2 heterocycles. The molecule has 0 spiro atoms. The number of thiazole rings is 1. The van der Waals surface area contributed by atoms with Crippen LogP contribution in [0.3, 0.4) is 0 Å². The van der Waals surface area contributed by atoms with Crippen LogP contribution < -0.4 is 0 Å². The van der Waals surface area contributed by atoms with E-state index in [1.54, 1.807) is 0 Å². The number of carboxylic acids is 1. The molecular formula is C8H9NO3S. The van der Waals surface area contributed by atoms with E-state index in [1.807, 2.05) is 13.8 Å². The number of nitrogens with zero attached hydrogens (tertiary/aromatic N) is 1. The number of carbonyl (C=O) groups is 1. The van der Waals surface area contributed by atoms with Gasteiger partial charge < -0.3 is 9.84 Å². The first-order chi connectivity index (χ1) is 6.00. The fourth-order valence-corrected chi connectivity index (χ4v) is 2.29. The van der Waals surface area contributed by atoms with Crippen molar-refractivity contribution >= 4 is 17.3 Å². The van der Waals surface area contributed by atoms with E-state index in [4.69, 9.17) is 9.84 Å². The maximum atomic E-state index is 10.6. The molecule has 2 rings (SSSR count). The van der Waals surface area contributed by atoms with Crippen LogP contribution in [0.4, 0.5) is 0 Å². The van der Waals surface area contributed by atoms with E-state index in [0.717, 1.165) is 10.6 Å². The zero-order valence-electron chi connectivity index (χ0n) is 7.33. The normalized spacial score (nSPS) is 18.6. The number of aromatic nitrogens is 1. The molecule has 0 aliphatic carbocycles. The third kappa shape index (κ3) is 1.24. The average molecular weight is 199 g/mol. The summed E-state index contributed by atoms with van der Waals surface area (Å²) in [7, 11) is 0. The number of carboxylic acid groups (broad SMARTS) is 1. The van der Waals surface area contributed by atoms with E-state index in [2.05, 4.69) is 4.98 Å². The molecule has 4 nitrogen and oxygen atoms in total. The van der Waals surface area contributed by atoms with Crippen molar-refractivity contribution in [2.45, 2.75) is 26.1 Å². The number of ether oxygens (including phenoxy) is 1. The number of aromatic carboxylic acids is 1. The van der Waals surface area contributed by atoms with Crippen molar-refractivity contribution in [3.8, 4) is 0 Å². The summed E-state index contributed by atoms with van der Waals surface area (Å²) in [5.74, 6) is -0.963. The van der Waals surface area contributed by atoms with Gasteiger partial charge in [0.15, 0.2) is 0 Å². The van der Waals surface area contributed by atoms with Crippen LogP contribution in [-0.4, -0.2) is 16.1 Å². The molecule has 0 unspecified atom stereocenters. The molecule has 5 heteroatoms. The Labute approximate surface area is 79.2 Å². The molecule has 1 aromatic rings. The molecule has 0 amide bonds. The highest BCUT2D eigenvalue weighted by molar-refractivity contribution is 7.13. The second-order valence-corrected chi connectivity index (χ2v) is 4.48. The largest absolute Gasteiger partial charge is 0.476 e. The summed E-state index contributed by atoms with van der Waals surface area (Å²) in [4.78, 5) is 15.6. The second-order valence-electron chi connectivity index (χ2n) is 3.39. The smallest absolute Gasteiger partial charge is 0.365 e. The topological polar surface area (TPSA) is 59.4 Å². The molecule has 1 aliphatic heterocycles. The first-order valence-electron chi connectivity index (χ1n) is 3.88. The molecule has 1 N–H and O–H groups in total. The van der Waals surface area contributed by atoms with Crippen molar-refractivity contribution in [2.24, 2.45) is 0 Å². The van der Waals surface area contributed by atoms with Crippen LogP contribution >= 0.6 is 11.3 Å². The van der Waals surface area contributed by atoms with Gasteiger partial charge in [-0.1, -0.05) is 0 Å². The number of hydrogen-bond acceptors (Lipinski definition) is 4. The van der Waals surface area contributed by atoms with Crippen molar-refractivity contribution in [1.82, 2.24) is 4.98 Å². The zero-order chi connectivity index (χ0) is 9.64. The van der Waals surface area contributed by atoms with Crippen LogP contribution in [0.1, 0.15) is 34.2 Å². The minimum Gasteiger partial charge on any atom is -0.476 e. The van der Waals surface area contributed by atoms with Crippen molar-refractivity contribution in [2.75, 3.05) is 0 Å². The van der Waals surface area contributed by atoms with Gasteiger partial charge in [-0.3, -0.25) is 0 Å². The van der Waals surface area contributed by atoms with Gasteiger partial charge in [-0.05, 0) is 13.8 Å². The number of rotatable bonds is 1. The Hall–Kier alpha value is -0.940. The zero-order valence-corrected chi connectivity index (χ0v) is 8.14. The molecule has 0 radical (unpaired) electrons. The number of hydrogen-bond donors (Lipinski definition) is 1. The molecule has 13 heavy (non-hydrogen) atoms. The summed E-state index contributed by atoms with van der Waals surface area (Å²) in [5.41, 5.74) is 0.342. The van der Waals surface area contributed by atoms with E-state index in [9.17, 15) is 4.79 Å². The fraction of sp³-hybridized carbons (Fsp3) is 0.500. The first kappa shape index (κ1) is 8.65. The fourth-order valence-electron chi connectivity index (χ4n) is 1.33. The summed E-state index contributed by atoms with van der Waals surface area (Å²) in [6.45, 7) is 4.27. The Kier molecular flexibility index (Phi) is 1.68. The standard InChI is InChI=1S/C8H9NO3S/c1-8(2)5-4(3-12-8)13-6(9-5)7(10)11/h3H2,1-2H3,(H,10,11). The molecule has 1 aromatic heterocycles. The third-order valence-corrected chi connectivity index (χ3v) is 3.03. The van der Waals surface area contributed by atoms with Crippen LogP contribution in [0, 0.1) is 0 Å². The molecule has 1 aliphatic rings. The van der Waals surface area contributed by atoms with E-state index < -0.39 is 11.6 Å². The Balaban J connectivity index is 2.48. The summed E-state index contributed by atoms with van der Waals surface area (Å²) < 4.78 is 5.44. The van der Waals surface area contributed by atoms with E-state index in [-0.39, 0.29) is 5.01 Å². The molecule has 0 saturated carbocycles. The molecule has 70 valence electrons. The maximum absolute atomic E-state index is 10.6. The molecule has 0 saturated heterocycles. The van der Waals surface area contributed by atoms with Gasteiger partial charge in [-0.15, -0.1) is 11.3 Å². The van der Waals surface area contributed by atoms with Gasteiger partial charge in [0.25, 0.3) is 0 Å². The third-order valence-electron chi connectivity index (χ3n) is 2.01. The summed E-state index contributed by atoms with van der Waals surface area (Å²) in [5, 5.41) is 8.87. The maximum Gasteiger partial charge on any atom is 0.365 e. The van der Waals surface area contributed by atoms with Gasteiger partial charge in [0, 0.05) is 0 Å². The Morgan fingerprint density at radius 1 is 1.69 bits per heavy atom. The molecule has 0 atom stereocenters. The quantitative estimate of drug-likeness (QED) is 0.746. The molecular weight excluding hydrogens is 190 g/mol. The predicted octanol–water partition coefficient (Wildman–Crippen LogP) is 1.61. The predicted molar refractivity (Wildman–Crippen MR) is 46.9 cm³/mol. The van der Waals surface area contributed by atoms with Gasteiger partial charge in [0.1, 0.15) is 5.60 Å². The van der Waals surface area contributed by atoms with Crippen LogP contribution in [0.15, 0.2) is 0 Å². The van der Waals surface area contributed by atoms with Gasteiger partial charge in [-0.2, -0.15) is 0 Å². The van der Waals surface area contributed by atoms with Crippen molar-refractivity contribution in [3.63, 3.8) is 0 Å².